The third-order valence-corrected chi connectivity index (χ3v) is 2.10. The Hall–Kier alpha value is -0.540. The summed E-state index contributed by atoms with van der Waals surface area (Å²) < 4.78 is 0.981. The molecule has 0 unspecified atom stereocenters. The molecule has 12 heavy (non-hydrogen) atoms. The fraction of sp³-hybridized carbons (Fsp3) is 0.333. The lowest BCUT2D eigenvalue weighted by Gasteiger charge is -2.03. The summed E-state index contributed by atoms with van der Waals surface area (Å²) in [6.07, 6.45) is 0. The average molecular weight is 231 g/mol. The summed E-state index contributed by atoms with van der Waals surface area (Å²) in [4.78, 5) is 0. The van der Waals surface area contributed by atoms with E-state index in [0.29, 0.717) is 6.54 Å². The predicted octanol–water partition coefficient (Wildman–Crippen LogP) is 2.52. The lowest BCUT2D eigenvalue weighted by Crippen LogP contribution is -2.01. The third kappa shape index (κ3) is 2.83. The van der Waals surface area contributed by atoms with E-state index in [-0.39, 0.29) is 0 Å². The van der Waals surface area contributed by atoms with Gasteiger partial charge < -0.3 is 11.5 Å². The van der Waals surface area contributed by atoms with Crippen molar-refractivity contribution in [2.45, 2.75) is 20.4 Å². The average Bonchev–Trinajstić information content (AvgIpc) is 2.08. The summed E-state index contributed by atoms with van der Waals surface area (Å²) in [5, 5.41) is 0. The topological polar surface area (TPSA) is 52.0 Å². The highest BCUT2D eigenvalue weighted by atomic mass is 79.9. The van der Waals surface area contributed by atoms with Crippen LogP contribution in [0.1, 0.15) is 19.4 Å². The molecule has 0 bridgehead atoms. The molecular weight excluding hydrogens is 216 g/mol. The quantitative estimate of drug-likeness (QED) is 0.729. The second-order valence-corrected chi connectivity index (χ2v) is 2.87. The van der Waals surface area contributed by atoms with Crippen molar-refractivity contribution in [1.29, 1.82) is 0 Å². The van der Waals surface area contributed by atoms with E-state index in [1.807, 2.05) is 32.0 Å². The molecular formula is C9H15BrN2. The van der Waals surface area contributed by atoms with Crippen LogP contribution in [0.5, 0.6) is 0 Å². The van der Waals surface area contributed by atoms with E-state index in [1.54, 1.807) is 0 Å². The van der Waals surface area contributed by atoms with Crippen molar-refractivity contribution >= 4 is 21.6 Å². The maximum atomic E-state index is 5.62. The van der Waals surface area contributed by atoms with Gasteiger partial charge in [0.25, 0.3) is 0 Å². The van der Waals surface area contributed by atoms with Crippen molar-refractivity contribution in [3.63, 3.8) is 0 Å². The van der Waals surface area contributed by atoms with E-state index in [0.717, 1.165) is 15.7 Å². The SMILES string of the molecule is CC.NCc1c(N)cccc1Br. The highest BCUT2D eigenvalue weighted by Gasteiger charge is 1.99. The summed E-state index contributed by atoms with van der Waals surface area (Å²) in [7, 11) is 0. The van der Waals surface area contributed by atoms with Gasteiger partial charge in [-0.3, -0.25) is 0 Å². The van der Waals surface area contributed by atoms with Crippen LogP contribution < -0.4 is 11.5 Å². The molecule has 0 aliphatic rings. The Morgan fingerprint density at radius 1 is 1.33 bits per heavy atom. The lowest BCUT2D eigenvalue weighted by atomic mass is 10.2. The van der Waals surface area contributed by atoms with Crippen LogP contribution >= 0.6 is 15.9 Å². The first-order valence-electron chi connectivity index (χ1n) is 3.98. The summed E-state index contributed by atoms with van der Waals surface area (Å²) in [5.74, 6) is 0. The minimum absolute atomic E-state index is 0.479. The second kappa shape index (κ2) is 6.03. The molecule has 0 saturated carbocycles. The van der Waals surface area contributed by atoms with Gasteiger partial charge in [0, 0.05) is 22.3 Å². The molecule has 0 radical (unpaired) electrons. The summed E-state index contributed by atoms with van der Waals surface area (Å²) in [6, 6.07) is 5.66. The molecule has 1 aromatic carbocycles. The zero-order valence-electron chi connectivity index (χ0n) is 7.47. The lowest BCUT2D eigenvalue weighted by molar-refractivity contribution is 1.07. The van der Waals surface area contributed by atoms with E-state index in [1.165, 1.54) is 0 Å². The molecule has 0 saturated heterocycles. The minimum Gasteiger partial charge on any atom is -0.398 e. The van der Waals surface area contributed by atoms with Crippen LogP contribution in [0.25, 0.3) is 0 Å². The molecule has 4 N–H and O–H groups in total. The van der Waals surface area contributed by atoms with Crippen molar-refractivity contribution in [3.05, 3.63) is 28.2 Å². The Labute approximate surface area is 82.1 Å². The molecule has 0 spiro atoms. The highest BCUT2D eigenvalue weighted by Crippen LogP contribution is 2.21. The van der Waals surface area contributed by atoms with Crippen LogP contribution in [0.3, 0.4) is 0 Å². The Kier molecular flexibility index (Phi) is 5.76. The molecule has 3 heteroatoms. The largest absolute Gasteiger partial charge is 0.398 e. The van der Waals surface area contributed by atoms with E-state index >= 15 is 0 Å². The Balaban J connectivity index is 0.000000561. The first kappa shape index (κ1) is 11.5. The molecule has 0 aromatic heterocycles. The number of benzene rings is 1. The molecule has 1 rings (SSSR count). The Bertz CT molecular complexity index is 216. The smallest absolute Gasteiger partial charge is 0.0370 e. The van der Waals surface area contributed by atoms with Gasteiger partial charge in [0.2, 0.25) is 0 Å². The maximum absolute atomic E-state index is 5.62. The van der Waals surface area contributed by atoms with Crippen LogP contribution in [-0.2, 0) is 6.54 Å². The fourth-order valence-corrected chi connectivity index (χ4v) is 1.33. The summed E-state index contributed by atoms with van der Waals surface area (Å²) in [6.45, 7) is 4.48. The van der Waals surface area contributed by atoms with Crippen molar-refractivity contribution in [1.82, 2.24) is 0 Å². The number of rotatable bonds is 1. The Morgan fingerprint density at radius 3 is 2.25 bits per heavy atom. The van der Waals surface area contributed by atoms with Gasteiger partial charge in [-0.2, -0.15) is 0 Å². The molecule has 0 atom stereocenters. The van der Waals surface area contributed by atoms with Crippen molar-refractivity contribution in [2.75, 3.05) is 5.73 Å². The molecule has 68 valence electrons. The van der Waals surface area contributed by atoms with Gasteiger partial charge in [0.1, 0.15) is 0 Å². The molecule has 0 aliphatic heterocycles. The van der Waals surface area contributed by atoms with Gasteiger partial charge in [-0.25, -0.2) is 0 Å². The molecule has 0 amide bonds. The van der Waals surface area contributed by atoms with Crippen LogP contribution in [0, 0.1) is 0 Å². The first-order valence-corrected chi connectivity index (χ1v) is 4.78. The van der Waals surface area contributed by atoms with Crippen molar-refractivity contribution < 1.29 is 0 Å². The van der Waals surface area contributed by atoms with E-state index in [9.17, 15) is 0 Å². The number of hydrogen-bond acceptors (Lipinski definition) is 2. The molecule has 0 aliphatic carbocycles. The predicted molar refractivity (Wildman–Crippen MR) is 57.8 cm³/mol. The van der Waals surface area contributed by atoms with E-state index in [2.05, 4.69) is 15.9 Å². The standard InChI is InChI=1S/C7H9BrN2.C2H6/c8-6-2-1-3-7(10)5(6)4-9;1-2/h1-3H,4,9-10H2;1-2H3. The first-order chi connectivity index (χ1) is 5.75. The van der Waals surface area contributed by atoms with Crippen LogP contribution in [0.2, 0.25) is 0 Å². The van der Waals surface area contributed by atoms with Gasteiger partial charge >= 0.3 is 0 Å². The highest BCUT2D eigenvalue weighted by molar-refractivity contribution is 9.10. The summed E-state index contributed by atoms with van der Waals surface area (Å²) in [5.41, 5.74) is 12.8. The van der Waals surface area contributed by atoms with Gasteiger partial charge in [0.05, 0.1) is 0 Å². The molecule has 0 fully saturated rings. The minimum atomic E-state index is 0.479. The number of anilines is 1. The number of nitrogen functional groups attached to an aromatic ring is 1. The van der Waals surface area contributed by atoms with Crippen molar-refractivity contribution in [3.8, 4) is 0 Å². The van der Waals surface area contributed by atoms with Gasteiger partial charge in [-0.1, -0.05) is 35.8 Å². The molecule has 2 nitrogen and oxygen atoms in total. The van der Waals surface area contributed by atoms with E-state index in [4.69, 9.17) is 11.5 Å². The Morgan fingerprint density at radius 2 is 1.92 bits per heavy atom. The normalized spacial score (nSPS) is 8.67. The number of nitrogens with two attached hydrogens (primary N) is 2. The van der Waals surface area contributed by atoms with Crippen LogP contribution in [0.4, 0.5) is 5.69 Å². The number of halogens is 1. The van der Waals surface area contributed by atoms with Crippen LogP contribution in [-0.4, -0.2) is 0 Å². The van der Waals surface area contributed by atoms with Crippen molar-refractivity contribution in [2.24, 2.45) is 5.73 Å². The van der Waals surface area contributed by atoms with Gasteiger partial charge in [-0.05, 0) is 12.1 Å². The molecule has 0 heterocycles. The molecule has 1 aromatic rings. The van der Waals surface area contributed by atoms with Crippen LogP contribution in [0.15, 0.2) is 22.7 Å². The maximum Gasteiger partial charge on any atom is 0.0370 e. The second-order valence-electron chi connectivity index (χ2n) is 2.01. The van der Waals surface area contributed by atoms with Gasteiger partial charge in [-0.15, -0.1) is 0 Å². The van der Waals surface area contributed by atoms with Gasteiger partial charge in [0.15, 0.2) is 0 Å². The fourth-order valence-electron chi connectivity index (χ4n) is 0.791. The third-order valence-electron chi connectivity index (χ3n) is 1.36. The number of hydrogen-bond donors (Lipinski definition) is 2. The van der Waals surface area contributed by atoms with E-state index < -0.39 is 0 Å². The summed E-state index contributed by atoms with van der Waals surface area (Å²) >= 11 is 3.35. The monoisotopic (exact) mass is 230 g/mol. The zero-order valence-corrected chi connectivity index (χ0v) is 9.06. The zero-order chi connectivity index (χ0) is 9.56.